The Morgan fingerprint density at radius 2 is 1.29 bits per heavy atom. The Morgan fingerprint density at radius 3 is 1.71 bits per heavy atom. The minimum Gasteiger partial charge on any atom is -0.391 e. The lowest BCUT2D eigenvalue weighted by atomic mass is 9.99. The molecule has 1 aliphatic rings. The Bertz CT molecular complexity index is 156. The molecule has 0 aromatic rings. The molecule has 1 fully saturated rings. The second kappa shape index (κ2) is 9.90. The van der Waals surface area contributed by atoms with Gasteiger partial charge in [-0.2, -0.15) is 0 Å². The molecule has 0 radical (unpaired) electrons. The van der Waals surface area contributed by atoms with Crippen LogP contribution in [0.25, 0.3) is 0 Å². The van der Waals surface area contributed by atoms with Gasteiger partial charge < -0.3 is 9.84 Å². The Balaban J connectivity index is 2.22. The standard InChI is InChI=1S/C15H30O2/c1-14(16)13-17-15-11-9-7-5-3-2-4-6-8-10-12-15/h14-16H,2-13H2,1H3. The van der Waals surface area contributed by atoms with Crippen molar-refractivity contribution < 1.29 is 9.84 Å². The predicted molar refractivity (Wildman–Crippen MR) is 72.2 cm³/mol. The number of aliphatic hydroxyl groups is 1. The zero-order valence-electron chi connectivity index (χ0n) is 11.5. The minimum atomic E-state index is -0.323. The van der Waals surface area contributed by atoms with Crippen LogP contribution in [0.15, 0.2) is 0 Å². The second-order valence-electron chi connectivity index (χ2n) is 5.56. The molecule has 0 saturated heterocycles. The van der Waals surface area contributed by atoms with E-state index in [0.717, 1.165) is 0 Å². The fourth-order valence-electron chi connectivity index (χ4n) is 2.57. The van der Waals surface area contributed by atoms with Gasteiger partial charge in [-0.1, -0.05) is 57.8 Å². The number of hydrogen-bond donors (Lipinski definition) is 1. The van der Waals surface area contributed by atoms with Crippen molar-refractivity contribution in [2.75, 3.05) is 6.61 Å². The first-order valence-corrected chi connectivity index (χ1v) is 7.58. The van der Waals surface area contributed by atoms with Crippen LogP contribution in [0.5, 0.6) is 0 Å². The summed E-state index contributed by atoms with van der Waals surface area (Å²) in [6.45, 7) is 2.31. The van der Waals surface area contributed by atoms with E-state index >= 15 is 0 Å². The van der Waals surface area contributed by atoms with Gasteiger partial charge in [-0.3, -0.25) is 0 Å². The maximum atomic E-state index is 9.27. The molecule has 17 heavy (non-hydrogen) atoms. The SMILES string of the molecule is CC(O)COC1CCCCCCCCCCC1. The lowest BCUT2D eigenvalue weighted by molar-refractivity contribution is -0.0119. The third-order valence-electron chi connectivity index (χ3n) is 3.63. The average Bonchev–Trinajstić information content (AvgIpc) is 2.28. The summed E-state index contributed by atoms with van der Waals surface area (Å²) in [6, 6.07) is 0. The minimum absolute atomic E-state index is 0.323. The van der Waals surface area contributed by atoms with E-state index in [1.54, 1.807) is 6.92 Å². The van der Waals surface area contributed by atoms with Gasteiger partial charge in [-0.05, 0) is 19.8 Å². The molecule has 1 aliphatic carbocycles. The van der Waals surface area contributed by atoms with Crippen molar-refractivity contribution in [1.82, 2.24) is 0 Å². The van der Waals surface area contributed by atoms with Crippen LogP contribution < -0.4 is 0 Å². The number of aliphatic hydroxyl groups excluding tert-OH is 1. The average molecular weight is 242 g/mol. The van der Waals surface area contributed by atoms with Gasteiger partial charge in [0.15, 0.2) is 0 Å². The Hall–Kier alpha value is -0.0800. The van der Waals surface area contributed by atoms with Crippen LogP contribution in [0.4, 0.5) is 0 Å². The van der Waals surface area contributed by atoms with Crippen molar-refractivity contribution in [1.29, 1.82) is 0 Å². The quantitative estimate of drug-likeness (QED) is 0.808. The number of hydrogen-bond acceptors (Lipinski definition) is 2. The molecule has 1 saturated carbocycles. The molecule has 0 aliphatic heterocycles. The fourth-order valence-corrected chi connectivity index (χ4v) is 2.57. The summed E-state index contributed by atoms with van der Waals surface area (Å²) in [5, 5.41) is 9.27. The van der Waals surface area contributed by atoms with Gasteiger partial charge in [0.05, 0.1) is 18.8 Å². The third kappa shape index (κ3) is 8.62. The molecule has 2 nitrogen and oxygen atoms in total. The van der Waals surface area contributed by atoms with Crippen molar-refractivity contribution in [2.24, 2.45) is 0 Å². The lowest BCUT2D eigenvalue weighted by Gasteiger charge is -2.19. The first kappa shape index (κ1) is 15.0. The summed E-state index contributed by atoms with van der Waals surface area (Å²) in [4.78, 5) is 0. The molecule has 0 heterocycles. The first-order valence-electron chi connectivity index (χ1n) is 7.58. The molecular formula is C15H30O2. The van der Waals surface area contributed by atoms with Gasteiger partial charge >= 0.3 is 0 Å². The van der Waals surface area contributed by atoms with Crippen LogP contribution in [0.2, 0.25) is 0 Å². The van der Waals surface area contributed by atoms with Crippen molar-refractivity contribution in [2.45, 2.75) is 89.8 Å². The van der Waals surface area contributed by atoms with Crippen LogP contribution in [-0.4, -0.2) is 23.9 Å². The van der Waals surface area contributed by atoms with Gasteiger partial charge in [0, 0.05) is 0 Å². The highest BCUT2D eigenvalue weighted by molar-refractivity contribution is 4.62. The van der Waals surface area contributed by atoms with E-state index in [4.69, 9.17) is 4.74 Å². The van der Waals surface area contributed by atoms with Gasteiger partial charge in [0.2, 0.25) is 0 Å². The molecule has 1 unspecified atom stereocenters. The fraction of sp³-hybridized carbons (Fsp3) is 1.00. The van der Waals surface area contributed by atoms with Crippen molar-refractivity contribution in [3.05, 3.63) is 0 Å². The number of rotatable bonds is 3. The Morgan fingerprint density at radius 1 is 0.882 bits per heavy atom. The van der Waals surface area contributed by atoms with E-state index in [2.05, 4.69) is 0 Å². The molecule has 0 aromatic heterocycles. The molecule has 1 atom stereocenters. The highest BCUT2D eigenvalue weighted by Crippen LogP contribution is 2.18. The molecular weight excluding hydrogens is 212 g/mol. The second-order valence-corrected chi connectivity index (χ2v) is 5.56. The van der Waals surface area contributed by atoms with Crippen LogP contribution in [0.3, 0.4) is 0 Å². The van der Waals surface area contributed by atoms with Gasteiger partial charge in [0.25, 0.3) is 0 Å². The van der Waals surface area contributed by atoms with E-state index in [1.807, 2.05) is 0 Å². The van der Waals surface area contributed by atoms with Crippen molar-refractivity contribution in [3.63, 3.8) is 0 Å². The molecule has 2 heteroatoms. The summed E-state index contributed by atoms with van der Waals surface area (Å²) < 4.78 is 5.80. The highest BCUT2D eigenvalue weighted by atomic mass is 16.5. The largest absolute Gasteiger partial charge is 0.391 e. The van der Waals surface area contributed by atoms with E-state index in [1.165, 1.54) is 70.6 Å². The monoisotopic (exact) mass is 242 g/mol. The van der Waals surface area contributed by atoms with E-state index in [0.29, 0.717) is 12.7 Å². The Labute approximate surface area is 107 Å². The van der Waals surface area contributed by atoms with Gasteiger partial charge in [-0.15, -0.1) is 0 Å². The van der Waals surface area contributed by atoms with Crippen molar-refractivity contribution in [3.8, 4) is 0 Å². The zero-order chi connectivity index (χ0) is 12.3. The van der Waals surface area contributed by atoms with E-state index < -0.39 is 0 Å². The highest BCUT2D eigenvalue weighted by Gasteiger charge is 2.10. The molecule has 0 aromatic carbocycles. The van der Waals surface area contributed by atoms with E-state index in [-0.39, 0.29) is 6.10 Å². The summed E-state index contributed by atoms with van der Waals surface area (Å²) in [7, 11) is 0. The van der Waals surface area contributed by atoms with Crippen LogP contribution in [0, 0.1) is 0 Å². The van der Waals surface area contributed by atoms with E-state index in [9.17, 15) is 5.11 Å². The summed E-state index contributed by atoms with van der Waals surface area (Å²) in [5.74, 6) is 0. The molecule has 1 N–H and O–H groups in total. The number of ether oxygens (including phenoxy) is 1. The van der Waals surface area contributed by atoms with Crippen molar-refractivity contribution >= 4 is 0 Å². The summed E-state index contributed by atoms with van der Waals surface area (Å²) in [6.07, 6.45) is 14.8. The van der Waals surface area contributed by atoms with Gasteiger partial charge in [-0.25, -0.2) is 0 Å². The molecule has 0 bridgehead atoms. The molecule has 0 spiro atoms. The zero-order valence-corrected chi connectivity index (χ0v) is 11.5. The maximum absolute atomic E-state index is 9.27. The Kier molecular flexibility index (Phi) is 8.72. The predicted octanol–water partition coefficient (Wildman–Crippen LogP) is 4.06. The smallest absolute Gasteiger partial charge is 0.0745 e. The topological polar surface area (TPSA) is 29.5 Å². The van der Waals surface area contributed by atoms with Crippen LogP contribution in [0.1, 0.15) is 77.6 Å². The van der Waals surface area contributed by atoms with Gasteiger partial charge in [0.1, 0.15) is 0 Å². The molecule has 0 amide bonds. The summed E-state index contributed by atoms with van der Waals surface area (Å²) in [5.41, 5.74) is 0. The third-order valence-corrected chi connectivity index (χ3v) is 3.63. The summed E-state index contributed by atoms with van der Waals surface area (Å²) >= 11 is 0. The normalized spacial score (nSPS) is 23.6. The van der Waals surface area contributed by atoms with Crippen LogP contribution >= 0.6 is 0 Å². The maximum Gasteiger partial charge on any atom is 0.0745 e. The molecule has 102 valence electrons. The molecule has 1 rings (SSSR count). The first-order chi connectivity index (χ1) is 8.29. The lowest BCUT2D eigenvalue weighted by Crippen LogP contribution is -2.20. The van der Waals surface area contributed by atoms with Crippen LogP contribution in [-0.2, 0) is 4.74 Å².